The van der Waals surface area contributed by atoms with Crippen LogP contribution in [0.15, 0.2) is 24.3 Å². The van der Waals surface area contributed by atoms with Crippen LogP contribution in [-0.4, -0.2) is 43.7 Å². The fraction of sp³-hybridized carbons (Fsp3) is 0.500. The van der Waals surface area contributed by atoms with E-state index in [9.17, 15) is 18.0 Å². The molecular weight excluding hydrogens is 321 g/mol. The number of likely N-dealkylation sites (N-methyl/N-ethyl adjacent to an activating group) is 1. The van der Waals surface area contributed by atoms with Gasteiger partial charge in [-0.2, -0.15) is 13.2 Å². The van der Waals surface area contributed by atoms with Crippen molar-refractivity contribution in [1.82, 2.24) is 10.2 Å². The molecule has 1 heterocycles. The first-order valence-corrected chi connectivity index (χ1v) is 6.60. The minimum atomic E-state index is -4.38. The van der Waals surface area contributed by atoms with E-state index in [0.717, 1.165) is 12.1 Å². The van der Waals surface area contributed by atoms with Crippen LogP contribution in [0.5, 0.6) is 0 Å². The highest BCUT2D eigenvalue weighted by Crippen LogP contribution is 2.29. The zero-order chi connectivity index (χ0) is 15.5. The van der Waals surface area contributed by atoms with Crippen molar-refractivity contribution >= 4 is 18.3 Å². The van der Waals surface area contributed by atoms with Crippen molar-refractivity contribution in [2.24, 2.45) is 0 Å². The molecule has 1 atom stereocenters. The van der Waals surface area contributed by atoms with E-state index in [1.54, 1.807) is 13.1 Å². The number of amides is 1. The van der Waals surface area contributed by atoms with Gasteiger partial charge < -0.3 is 15.0 Å². The van der Waals surface area contributed by atoms with Crippen molar-refractivity contribution in [3.63, 3.8) is 0 Å². The van der Waals surface area contributed by atoms with Crippen molar-refractivity contribution in [3.05, 3.63) is 35.4 Å². The zero-order valence-electron chi connectivity index (χ0n) is 12.0. The van der Waals surface area contributed by atoms with E-state index in [1.807, 2.05) is 0 Å². The molecule has 1 unspecified atom stereocenters. The second-order valence-corrected chi connectivity index (χ2v) is 4.97. The molecule has 8 heteroatoms. The molecule has 4 nitrogen and oxygen atoms in total. The monoisotopic (exact) mass is 338 g/mol. The Balaban J connectivity index is 0.00000242. The lowest BCUT2D eigenvalue weighted by atomic mass is 10.1. The van der Waals surface area contributed by atoms with Gasteiger partial charge in [-0.15, -0.1) is 12.4 Å². The van der Waals surface area contributed by atoms with Crippen LogP contribution in [0.3, 0.4) is 0 Å². The van der Waals surface area contributed by atoms with E-state index in [-0.39, 0.29) is 31.5 Å². The Morgan fingerprint density at radius 1 is 1.45 bits per heavy atom. The smallest absolute Gasteiger partial charge is 0.378 e. The van der Waals surface area contributed by atoms with Crippen LogP contribution in [0.4, 0.5) is 13.2 Å². The molecule has 2 rings (SSSR count). The minimum Gasteiger partial charge on any atom is -0.378 e. The summed E-state index contributed by atoms with van der Waals surface area (Å²) in [5, 5.41) is 3.02. The molecule has 1 aliphatic heterocycles. The number of hydrogen-bond donors (Lipinski definition) is 1. The van der Waals surface area contributed by atoms with Gasteiger partial charge in [0.2, 0.25) is 5.91 Å². The van der Waals surface area contributed by atoms with Gasteiger partial charge in [-0.3, -0.25) is 4.79 Å². The Bertz CT molecular complexity index is 505. The van der Waals surface area contributed by atoms with Crippen molar-refractivity contribution in [3.8, 4) is 0 Å². The van der Waals surface area contributed by atoms with Gasteiger partial charge in [-0.1, -0.05) is 12.1 Å². The second kappa shape index (κ2) is 7.80. The Hall–Kier alpha value is -1.31. The molecule has 0 aromatic heterocycles. The number of ether oxygens (including phenoxy) is 1. The van der Waals surface area contributed by atoms with Crippen LogP contribution in [0.25, 0.3) is 0 Å². The fourth-order valence-corrected chi connectivity index (χ4v) is 2.19. The van der Waals surface area contributed by atoms with Gasteiger partial charge in [-0.25, -0.2) is 0 Å². The number of alkyl halides is 3. The Morgan fingerprint density at radius 3 is 2.77 bits per heavy atom. The summed E-state index contributed by atoms with van der Waals surface area (Å²) in [5.41, 5.74) is -0.266. The number of carbonyl (C=O) groups excluding carboxylic acids is 1. The third-order valence-electron chi connectivity index (χ3n) is 3.27. The van der Waals surface area contributed by atoms with Gasteiger partial charge >= 0.3 is 6.18 Å². The van der Waals surface area contributed by atoms with Crippen molar-refractivity contribution in [1.29, 1.82) is 0 Å². The molecule has 124 valence electrons. The number of morpholine rings is 1. The number of hydrogen-bond acceptors (Lipinski definition) is 3. The van der Waals surface area contributed by atoms with E-state index < -0.39 is 17.8 Å². The van der Waals surface area contributed by atoms with Crippen LogP contribution < -0.4 is 5.32 Å². The van der Waals surface area contributed by atoms with Crippen LogP contribution in [-0.2, 0) is 22.3 Å². The normalized spacial score (nSPS) is 18.5. The van der Waals surface area contributed by atoms with Gasteiger partial charge in [0.1, 0.15) is 6.04 Å². The molecule has 1 aromatic rings. The molecule has 0 aliphatic carbocycles. The predicted molar refractivity (Wildman–Crippen MR) is 77.8 cm³/mol. The van der Waals surface area contributed by atoms with E-state index in [0.29, 0.717) is 18.7 Å². The van der Waals surface area contributed by atoms with E-state index in [4.69, 9.17) is 4.74 Å². The maximum Gasteiger partial charge on any atom is 0.416 e. The van der Waals surface area contributed by atoms with E-state index in [2.05, 4.69) is 5.32 Å². The fourth-order valence-electron chi connectivity index (χ4n) is 2.19. The first-order chi connectivity index (χ1) is 9.88. The maximum atomic E-state index is 12.6. The zero-order valence-corrected chi connectivity index (χ0v) is 12.8. The third kappa shape index (κ3) is 4.86. The van der Waals surface area contributed by atoms with Crippen LogP contribution in [0.2, 0.25) is 0 Å². The quantitative estimate of drug-likeness (QED) is 0.917. The summed E-state index contributed by atoms with van der Waals surface area (Å²) >= 11 is 0. The number of nitrogens with one attached hydrogen (secondary N) is 1. The molecule has 1 aromatic carbocycles. The third-order valence-corrected chi connectivity index (χ3v) is 3.27. The lowest BCUT2D eigenvalue weighted by molar-refractivity contribution is -0.137. The summed E-state index contributed by atoms with van der Waals surface area (Å²) in [7, 11) is 1.57. The molecule has 0 saturated carbocycles. The molecule has 1 fully saturated rings. The SMILES string of the molecule is CN(Cc1cccc(C(F)(F)F)c1)C(=O)C1COCCN1.Cl. The standard InChI is InChI=1S/C14H17F3N2O2.ClH/c1-19(13(20)12-9-21-6-5-18-12)8-10-3-2-4-11(7-10)14(15,16)17;/h2-4,7,12,18H,5-6,8-9H2,1H3;1H. The average Bonchev–Trinajstić information content (AvgIpc) is 2.47. The largest absolute Gasteiger partial charge is 0.416 e. The highest BCUT2D eigenvalue weighted by Gasteiger charge is 2.30. The number of benzene rings is 1. The van der Waals surface area contributed by atoms with Gasteiger partial charge in [0.25, 0.3) is 0 Å². The summed E-state index contributed by atoms with van der Waals surface area (Å²) < 4.78 is 43.2. The Morgan fingerprint density at radius 2 is 2.18 bits per heavy atom. The van der Waals surface area contributed by atoms with Gasteiger partial charge in [0.15, 0.2) is 0 Å². The summed E-state index contributed by atoms with van der Waals surface area (Å²) in [6, 6.07) is 4.56. The minimum absolute atomic E-state index is 0. The highest BCUT2D eigenvalue weighted by molar-refractivity contribution is 5.85. The number of rotatable bonds is 3. The Kier molecular flexibility index (Phi) is 6.65. The molecule has 1 amide bonds. The highest BCUT2D eigenvalue weighted by atomic mass is 35.5. The molecule has 1 aliphatic rings. The van der Waals surface area contributed by atoms with Crippen LogP contribution in [0, 0.1) is 0 Å². The Labute approximate surface area is 133 Å². The topological polar surface area (TPSA) is 41.6 Å². The second-order valence-electron chi connectivity index (χ2n) is 4.97. The summed E-state index contributed by atoms with van der Waals surface area (Å²) in [5.74, 6) is -0.188. The lowest BCUT2D eigenvalue weighted by Crippen LogP contribution is -2.51. The van der Waals surface area contributed by atoms with Crippen molar-refractivity contribution in [2.75, 3.05) is 26.8 Å². The number of nitrogens with zero attached hydrogens (tertiary/aromatic N) is 1. The van der Waals surface area contributed by atoms with Crippen LogP contribution in [0.1, 0.15) is 11.1 Å². The maximum absolute atomic E-state index is 12.6. The summed E-state index contributed by atoms with van der Waals surface area (Å²) in [6.45, 7) is 1.56. The molecule has 22 heavy (non-hydrogen) atoms. The number of halogens is 4. The van der Waals surface area contributed by atoms with Gasteiger partial charge in [0.05, 0.1) is 18.8 Å². The first kappa shape index (κ1) is 18.7. The summed E-state index contributed by atoms with van der Waals surface area (Å²) in [4.78, 5) is 13.6. The van der Waals surface area contributed by atoms with Gasteiger partial charge in [0, 0.05) is 20.1 Å². The predicted octanol–water partition coefficient (Wildman–Crippen LogP) is 2.07. The lowest BCUT2D eigenvalue weighted by Gasteiger charge is -2.27. The number of carbonyl (C=O) groups is 1. The molecule has 1 saturated heterocycles. The van der Waals surface area contributed by atoms with E-state index in [1.165, 1.54) is 11.0 Å². The summed E-state index contributed by atoms with van der Waals surface area (Å²) in [6.07, 6.45) is -4.38. The molecule has 0 radical (unpaired) electrons. The molecular formula is C14H18ClF3N2O2. The van der Waals surface area contributed by atoms with E-state index >= 15 is 0 Å². The van der Waals surface area contributed by atoms with Crippen molar-refractivity contribution < 1.29 is 22.7 Å². The first-order valence-electron chi connectivity index (χ1n) is 6.60. The molecule has 0 spiro atoms. The van der Waals surface area contributed by atoms with Gasteiger partial charge in [-0.05, 0) is 17.7 Å². The average molecular weight is 339 g/mol. The molecule has 0 bridgehead atoms. The van der Waals surface area contributed by atoms with Crippen molar-refractivity contribution in [2.45, 2.75) is 18.8 Å². The van der Waals surface area contributed by atoms with Crippen LogP contribution >= 0.6 is 12.4 Å². The molecule has 1 N–H and O–H groups in total.